The largest absolute Gasteiger partial charge is 0.497 e. The second-order valence-electron chi connectivity index (χ2n) is 5.42. The summed E-state index contributed by atoms with van der Waals surface area (Å²) in [4.78, 5) is 12.6. The van der Waals surface area contributed by atoms with E-state index in [4.69, 9.17) is 14.2 Å². The number of hydrogen-bond donors (Lipinski definition) is 1. The van der Waals surface area contributed by atoms with Gasteiger partial charge in [0.1, 0.15) is 24.0 Å². The van der Waals surface area contributed by atoms with E-state index in [0.29, 0.717) is 40.4 Å². The molecule has 0 saturated carbocycles. The van der Waals surface area contributed by atoms with Gasteiger partial charge in [0, 0.05) is 5.56 Å². The minimum absolute atomic E-state index is 0.315. The molecule has 0 spiro atoms. The van der Waals surface area contributed by atoms with E-state index in [1.165, 1.54) is 11.3 Å². The van der Waals surface area contributed by atoms with Crippen LogP contribution in [0.15, 0.2) is 42.5 Å². The Morgan fingerprint density at radius 3 is 2.73 bits per heavy atom. The van der Waals surface area contributed by atoms with E-state index in [0.717, 1.165) is 11.3 Å². The van der Waals surface area contributed by atoms with E-state index in [1.807, 2.05) is 24.3 Å². The second kappa shape index (κ2) is 7.01. The number of ether oxygens (including phenoxy) is 3. The average molecular weight is 369 g/mol. The van der Waals surface area contributed by atoms with Crippen molar-refractivity contribution in [2.24, 2.45) is 0 Å². The summed E-state index contributed by atoms with van der Waals surface area (Å²) in [5.41, 5.74) is 1.31. The lowest BCUT2D eigenvalue weighted by atomic mass is 10.1. The number of carbonyl (C=O) groups is 1. The molecule has 1 aliphatic rings. The predicted molar refractivity (Wildman–Crippen MR) is 97.3 cm³/mol. The smallest absolute Gasteiger partial charge is 0.261 e. The van der Waals surface area contributed by atoms with Gasteiger partial charge in [-0.3, -0.25) is 10.1 Å². The summed E-state index contributed by atoms with van der Waals surface area (Å²) in [6.45, 7) is 0.886. The molecule has 0 aliphatic carbocycles. The van der Waals surface area contributed by atoms with E-state index >= 15 is 0 Å². The van der Waals surface area contributed by atoms with E-state index in [1.54, 1.807) is 25.3 Å². The fourth-order valence-corrected chi connectivity index (χ4v) is 3.29. The Morgan fingerprint density at radius 1 is 1.12 bits per heavy atom. The Bertz CT molecular complexity index is 940. The number of nitrogens with one attached hydrogen (secondary N) is 1. The molecular weight excluding hydrogens is 354 g/mol. The number of fused-ring (bicyclic) bond motifs is 1. The average Bonchev–Trinajstić information content (AvgIpc) is 3.16. The van der Waals surface area contributed by atoms with E-state index < -0.39 is 0 Å². The first kappa shape index (κ1) is 16.3. The normalized spacial score (nSPS) is 12.5. The topological polar surface area (TPSA) is 82.6 Å². The standard InChI is InChI=1S/C18H15N3O4S/c1-23-12-7-5-11(6-8-12)17-20-21-18(26-17)19-16(22)13-3-2-4-14-15(13)25-10-9-24-14/h2-8H,9-10H2,1H3,(H,19,21,22). The number of amides is 1. The third kappa shape index (κ3) is 3.18. The number of nitrogens with zero attached hydrogens (tertiary/aromatic N) is 2. The molecule has 3 aromatic rings. The Balaban J connectivity index is 1.53. The molecule has 0 saturated heterocycles. The van der Waals surface area contributed by atoms with Gasteiger partial charge in [-0.1, -0.05) is 17.4 Å². The summed E-state index contributed by atoms with van der Waals surface area (Å²) < 4.78 is 16.2. The van der Waals surface area contributed by atoms with Gasteiger partial charge in [0.25, 0.3) is 5.91 Å². The highest BCUT2D eigenvalue weighted by Crippen LogP contribution is 2.34. The van der Waals surface area contributed by atoms with Crippen LogP contribution in [0, 0.1) is 0 Å². The zero-order chi connectivity index (χ0) is 17.9. The predicted octanol–water partition coefficient (Wildman–Crippen LogP) is 3.24. The number of anilines is 1. The first-order valence-corrected chi connectivity index (χ1v) is 8.74. The monoisotopic (exact) mass is 369 g/mol. The molecule has 0 fully saturated rings. The first-order chi connectivity index (χ1) is 12.7. The van der Waals surface area contributed by atoms with Crippen molar-refractivity contribution in [1.29, 1.82) is 0 Å². The van der Waals surface area contributed by atoms with Crippen molar-refractivity contribution in [2.45, 2.75) is 0 Å². The molecule has 1 amide bonds. The molecule has 0 radical (unpaired) electrons. The zero-order valence-corrected chi connectivity index (χ0v) is 14.7. The van der Waals surface area contributed by atoms with Crippen LogP contribution in [-0.4, -0.2) is 36.4 Å². The van der Waals surface area contributed by atoms with Crippen molar-refractivity contribution in [3.8, 4) is 27.8 Å². The molecule has 4 rings (SSSR count). The molecule has 2 aromatic carbocycles. The Kier molecular flexibility index (Phi) is 4.40. The second-order valence-corrected chi connectivity index (χ2v) is 6.40. The van der Waals surface area contributed by atoms with Gasteiger partial charge in [-0.25, -0.2) is 0 Å². The fourth-order valence-electron chi connectivity index (χ4n) is 2.54. The SMILES string of the molecule is COc1ccc(-c2nnc(NC(=O)c3cccc4c3OCCO4)s2)cc1. The maximum Gasteiger partial charge on any atom is 0.261 e. The van der Waals surface area contributed by atoms with Crippen LogP contribution in [0.5, 0.6) is 17.2 Å². The van der Waals surface area contributed by atoms with Crippen LogP contribution in [0.3, 0.4) is 0 Å². The molecular formula is C18H15N3O4S. The van der Waals surface area contributed by atoms with Crippen LogP contribution < -0.4 is 19.5 Å². The van der Waals surface area contributed by atoms with Crippen molar-refractivity contribution in [1.82, 2.24) is 10.2 Å². The summed E-state index contributed by atoms with van der Waals surface area (Å²) in [7, 11) is 1.62. The number of carbonyl (C=O) groups excluding carboxylic acids is 1. The molecule has 26 heavy (non-hydrogen) atoms. The van der Waals surface area contributed by atoms with Crippen LogP contribution in [-0.2, 0) is 0 Å². The molecule has 1 aliphatic heterocycles. The Labute approximate surface area is 153 Å². The summed E-state index contributed by atoms with van der Waals surface area (Å²) in [5.74, 6) is 1.48. The molecule has 0 atom stereocenters. The van der Waals surface area contributed by atoms with Crippen molar-refractivity contribution >= 4 is 22.4 Å². The number of methoxy groups -OCH3 is 1. The molecule has 1 aromatic heterocycles. The lowest BCUT2D eigenvalue weighted by Crippen LogP contribution is -2.20. The molecule has 2 heterocycles. The number of para-hydroxylation sites is 1. The minimum Gasteiger partial charge on any atom is -0.497 e. The molecule has 0 bridgehead atoms. The van der Waals surface area contributed by atoms with Crippen LogP contribution in [0.1, 0.15) is 10.4 Å². The van der Waals surface area contributed by atoms with Gasteiger partial charge in [-0.15, -0.1) is 10.2 Å². The highest BCUT2D eigenvalue weighted by molar-refractivity contribution is 7.18. The summed E-state index contributed by atoms with van der Waals surface area (Å²) in [6.07, 6.45) is 0. The van der Waals surface area contributed by atoms with Crippen LogP contribution in [0.4, 0.5) is 5.13 Å². The number of hydrogen-bond acceptors (Lipinski definition) is 7. The van der Waals surface area contributed by atoms with E-state index in [-0.39, 0.29) is 5.91 Å². The summed E-state index contributed by atoms with van der Waals surface area (Å²) in [5, 5.41) is 12.1. The van der Waals surface area contributed by atoms with Crippen molar-refractivity contribution in [2.75, 3.05) is 25.6 Å². The van der Waals surface area contributed by atoms with Gasteiger partial charge in [-0.2, -0.15) is 0 Å². The Morgan fingerprint density at radius 2 is 1.92 bits per heavy atom. The molecule has 0 unspecified atom stereocenters. The van der Waals surface area contributed by atoms with Crippen LogP contribution in [0.25, 0.3) is 10.6 Å². The highest BCUT2D eigenvalue weighted by Gasteiger charge is 2.21. The quantitative estimate of drug-likeness (QED) is 0.760. The van der Waals surface area contributed by atoms with Gasteiger partial charge in [0.15, 0.2) is 11.5 Å². The number of rotatable bonds is 4. The summed E-state index contributed by atoms with van der Waals surface area (Å²) >= 11 is 1.29. The first-order valence-electron chi connectivity index (χ1n) is 7.92. The Hall–Kier alpha value is -3.13. The van der Waals surface area contributed by atoms with Gasteiger partial charge in [-0.05, 0) is 36.4 Å². The maximum atomic E-state index is 12.6. The molecule has 132 valence electrons. The maximum absolute atomic E-state index is 12.6. The third-order valence-electron chi connectivity index (χ3n) is 3.79. The molecule has 8 heteroatoms. The van der Waals surface area contributed by atoms with Gasteiger partial charge >= 0.3 is 0 Å². The van der Waals surface area contributed by atoms with E-state index in [9.17, 15) is 4.79 Å². The van der Waals surface area contributed by atoms with Crippen LogP contribution in [0.2, 0.25) is 0 Å². The molecule has 7 nitrogen and oxygen atoms in total. The lowest BCUT2D eigenvalue weighted by Gasteiger charge is -2.20. The van der Waals surface area contributed by atoms with Crippen molar-refractivity contribution in [3.05, 3.63) is 48.0 Å². The van der Waals surface area contributed by atoms with Gasteiger partial charge in [0.2, 0.25) is 5.13 Å². The zero-order valence-electron chi connectivity index (χ0n) is 13.9. The fraction of sp³-hybridized carbons (Fsp3) is 0.167. The van der Waals surface area contributed by atoms with Crippen molar-refractivity contribution < 1.29 is 19.0 Å². The van der Waals surface area contributed by atoms with Gasteiger partial charge < -0.3 is 14.2 Å². The highest BCUT2D eigenvalue weighted by atomic mass is 32.1. The van der Waals surface area contributed by atoms with Crippen LogP contribution >= 0.6 is 11.3 Å². The molecule has 1 N–H and O–H groups in total. The van der Waals surface area contributed by atoms with E-state index in [2.05, 4.69) is 15.5 Å². The minimum atomic E-state index is -0.315. The van der Waals surface area contributed by atoms with Gasteiger partial charge in [0.05, 0.1) is 12.7 Å². The number of aromatic nitrogens is 2. The summed E-state index contributed by atoms with van der Waals surface area (Å²) in [6, 6.07) is 12.7. The number of benzene rings is 2. The van der Waals surface area contributed by atoms with Crippen molar-refractivity contribution in [3.63, 3.8) is 0 Å². The lowest BCUT2D eigenvalue weighted by molar-refractivity contribution is 0.101. The third-order valence-corrected chi connectivity index (χ3v) is 4.68.